The van der Waals surface area contributed by atoms with E-state index in [9.17, 15) is 14.9 Å². The third-order valence-corrected chi connectivity index (χ3v) is 4.34. The molecule has 0 saturated carbocycles. The summed E-state index contributed by atoms with van der Waals surface area (Å²) in [6.45, 7) is 1.56. The molecule has 21 heavy (non-hydrogen) atoms. The summed E-state index contributed by atoms with van der Waals surface area (Å²) in [5.74, 6) is 0. The van der Waals surface area contributed by atoms with Crippen LogP contribution in [0.5, 0.6) is 0 Å². The molecule has 0 amide bonds. The molecule has 9 heteroatoms. The third-order valence-electron chi connectivity index (χ3n) is 2.87. The topological polar surface area (TPSA) is 78.0 Å². The molecule has 0 saturated heterocycles. The zero-order valence-electron chi connectivity index (χ0n) is 10.6. The van der Waals surface area contributed by atoms with Crippen molar-refractivity contribution in [1.82, 2.24) is 9.55 Å². The Morgan fingerprint density at radius 2 is 2.10 bits per heavy atom. The summed E-state index contributed by atoms with van der Waals surface area (Å²) in [7, 11) is 0. The van der Waals surface area contributed by atoms with E-state index < -0.39 is 4.92 Å². The zero-order chi connectivity index (χ0) is 15.7. The molecule has 0 bridgehead atoms. The average Bonchev–Trinajstić information content (AvgIpc) is 2.41. The maximum absolute atomic E-state index is 12.2. The van der Waals surface area contributed by atoms with E-state index in [2.05, 4.69) is 20.9 Å². The molecule has 0 spiro atoms. The van der Waals surface area contributed by atoms with Crippen molar-refractivity contribution in [3.63, 3.8) is 0 Å². The van der Waals surface area contributed by atoms with Crippen LogP contribution in [-0.2, 0) is 6.54 Å². The Kier molecular flexibility index (Phi) is 4.65. The molecule has 2 heterocycles. The minimum atomic E-state index is -0.544. The molecule has 110 valence electrons. The zero-order valence-corrected chi connectivity index (χ0v) is 13.7. The van der Waals surface area contributed by atoms with Crippen LogP contribution in [0.15, 0.2) is 27.6 Å². The SMILES string of the molecule is Cc1c([N+](=O)[O-])cn(Cc2ccc(Cl)nc2Cl)c(=O)c1Br. The van der Waals surface area contributed by atoms with Gasteiger partial charge in [0.1, 0.15) is 10.3 Å². The molecule has 0 fully saturated rings. The van der Waals surface area contributed by atoms with E-state index in [0.717, 1.165) is 0 Å². The number of halogens is 3. The second kappa shape index (κ2) is 6.13. The summed E-state index contributed by atoms with van der Waals surface area (Å²) >= 11 is 14.7. The Hall–Kier alpha value is -1.44. The van der Waals surface area contributed by atoms with Crippen molar-refractivity contribution in [2.75, 3.05) is 0 Å². The summed E-state index contributed by atoms with van der Waals surface area (Å²) in [4.78, 5) is 26.5. The largest absolute Gasteiger partial charge is 0.303 e. The minimum Gasteiger partial charge on any atom is -0.303 e. The quantitative estimate of drug-likeness (QED) is 0.454. The highest BCUT2D eigenvalue weighted by atomic mass is 79.9. The van der Waals surface area contributed by atoms with Crippen molar-refractivity contribution in [3.05, 3.63) is 64.7 Å². The third kappa shape index (κ3) is 3.25. The molecule has 0 atom stereocenters. The van der Waals surface area contributed by atoms with E-state index in [4.69, 9.17) is 23.2 Å². The maximum atomic E-state index is 12.2. The highest BCUT2D eigenvalue weighted by Gasteiger charge is 2.19. The van der Waals surface area contributed by atoms with Gasteiger partial charge in [-0.05, 0) is 28.9 Å². The van der Waals surface area contributed by atoms with Crippen LogP contribution in [0.1, 0.15) is 11.1 Å². The Labute approximate surface area is 137 Å². The summed E-state index contributed by atoms with van der Waals surface area (Å²) in [5, 5.41) is 11.4. The van der Waals surface area contributed by atoms with E-state index in [1.54, 1.807) is 6.07 Å². The van der Waals surface area contributed by atoms with Gasteiger partial charge in [0.25, 0.3) is 11.2 Å². The van der Waals surface area contributed by atoms with Gasteiger partial charge in [0.15, 0.2) is 0 Å². The molecule has 0 N–H and O–H groups in total. The number of rotatable bonds is 3. The summed E-state index contributed by atoms with van der Waals surface area (Å²) < 4.78 is 1.35. The molecular formula is C12H8BrCl2N3O3. The fourth-order valence-corrected chi connectivity index (χ4v) is 2.58. The first-order valence-corrected chi connectivity index (χ1v) is 7.21. The summed E-state index contributed by atoms with van der Waals surface area (Å²) in [5.41, 5.74) is 0.276. The fraction of sp³-hybridized carbons (Fsp3) is 0.167. The maximum Gasteiger partial charge on any atom is 0.289 e. The average molecular weight is 393 g/mol. The molecule has 2 aromatic rings. The van der Waals surface area contributed by atoms with Crippen molar-refractivity contribution in [2.45, 2.75) is 13.5 Å². The lowest BCUT2D eigenvalue weighted by molar-refractivity contribution is -0.386. The van der Waals surface area contributed by atoms with Gasteiger partial charge in [-0.2, -0.15) is 0 Å². The van der Waals surface area contributed by atoms with Gasteiger partial charge in [0.2, 0.25) is 0 Å². The Bertz CT molecular complexity index is 792. The van der Waals surface area contributed by atoms with Gasteiger partial charge >= 0.3 is 0 Å². The number of nitrogens with zero attached hydrogens (tertiary/aromatic N) is 3. The van der Waals surface area contributed by atoms with E-state index in [-0.39, 0.29) is 38.1 Å². The molecule has 2 aromatic heterocycles. The van der Waals surface area contributed by atoms with Crippen molar-refractivity contribution in [2.24, 2.45) is 0 Å². The first-order valence-electron chi connectivity index (χ1n) is 5.66. The van der Waals surface area contributed by atoms with Crippen molar-refractivity contribution in [3.8, 4) is 0 Å². The van der Waals surface area contributed by atoms with Gasteiger partial charge in [-0.3, -0.25) is 14.9 Å². The van der Waals surface area contributed by atoms with Crippen LogP contribution in [0.4, 0.5) is 5.69 Å². The molecule has 0 radical (unpaired) electrons. The first kappa shape index (κ1) is 15.9. The highest BCUT2D eigenvalue weighted by Crippen LogP contribution is 2.23. The van der Waals surface area contributed by atoms with Crippen LogP contribution in [-0.4, -0.2) is 14.5 Å². The van der Waals surface area contributed by atoms with E-state index in [1.807, 2.05) is 0 Å². The smallest absolute Gasteiger partial charge is 0.289 e. The molecule has 0 aliphatic heterocycles. The van der Waals surface area contributed by atoms with Crippen molar-refractivity contribution >= 4 is 44.8 Å². The molecule has 0 unspecified atom stereocenters. The van der Waals surface area contributed by atoms with Crippen molar-refractivity contribution < 1.29 is 4.92 Å². The van der Waals surface area contributed by atoms with Gasteiger partial charge in [-0.25, -0.2) is 4.98 Å². The number of pyridine rings is 2. The lowest BCUT2D eigenvalue weighted by Gasteiger charge is -2.09. The van der Waals surface area contributed by atoms with Gasteiger partial charge in [0, 0.05) is 11.1 Å². The molecule has 6 nitrogen and oxygen atoms in total. The van der Waals surface area contributed by atoms with Crippen LogP contribution < -0.4 is 5.56 Å². The standard InChI is InChI=1S/C12H8BrCl2N3O3/c1-6-8(18(20)21)5-17(12(19)10(6)13)4-7-2-3-9(14)16-11(7)15/h2-3,5H,4H2,1H3. The summed E-state index contributed by atoms with van der Waals surface area (Å²) in [6, 6.07) is 3.15. The van der Waals surface area contributed by atoms with Crippen molar-refractivity contribution in [1.29, 1.82) is 0 Å². The van der Waals surface area contributed by atoms with Gasteiger partial charge in [-0.15, -0.1) is 0 Å². The van der Waals surface area contributed by atoms with Crippen LogP contribution in [0.2, 0.25) is 10.3 Å². The van der Waals surface area contributed by atoms with Gasteiger partial charge in [0.05, 0.1) is 22.1 Å². The van der Waals surface area contributed by atoms with Crippen LogP contribution >= 0.6 is 39.1 Å². The lowest BCUT2D eigenvalue weighted by Crippen LogP contribution is -2.23. The van der Waals surface area contributed by atoms with E-state index >= 15 is 0 Å². The monoisotopic (exact) mass is 391 g/mol. The van der Waals surface area contributed by atoms with Gasteiger partial charge < -0.3 is 4.57 Å². The van der Waals surface area contributed by atoms with E-state index in [1.165, 1.54) is 23.8 Å². The Morgan fingerprint density at radius 3 is 2.67 bits per heavy atom. The highest BCUT2D eigenvalue weighted by molar-refractivity contribution is 9.10. The Morgan fingerprint density at radius 1 is 1.43 bits per heavy atom. The fourth-order valence-electron chi connectivity index (χ4n) is 1.75. The first-order chi connectivity index (χ1) is 9.81. The molecule has 0 aliphatic carbocycles. The van der Waals surface area contributed by atoms with Gasteiger partial charge in [-0.1, -0.05) is 29.3 Å². The molecule has 0 aromatic carbocycles. The lowest BCUT2D eigenvalue weighted by atomic mass is 10.2. The second-order valence-electron chi connectivity index (χ2n) is 4.23. The van der Waals surface area contributed by atoms with Crippen LogP contribution in [0.3, 0.4) is 0 Å². The number of hydrogen-bond donors (Lipinski definition) is 0. The number of nitro groups is 1. The van der Waals surface area contributed by atoms with E-state index in [0.29, 0.717) is 5.56 Å². The summed E-state index contributed by atoms with van der Waals surface area (Å²) in [6.07, 6.45) is 1.19. The second-order valence-corrected chi connectivity index (χ2v) is 5.77. The number of hydrogen-bond acceptors (Lipinski definition) is 4. The number of aromatic nitrogens is 2. The Balaban J connectivity index is 2.54. The van der Waals surface area contributed by atoms with Crippen LogP contribution in [0, 0.1) is 17.0 Å². The normalized spacial score (nSPS) is 10.7. The predicted molar refractivity (Wildman–Crippen MR) is 83.2 cm³/mol. The molecule has 2 rings (SSSR count). The minimum absolute atomic E-state index is 0.0571. The van der Waals surface area contributed by atoms with Crippen LogP contribution in [0.25, 0.3) is 0 Å². The molecule has 0 aliphatic rings. The molecular weight excluding hydrogens is 385 g/mol. The predicted octanol–water partition coefficient (Wildman–Crippen LogP) is 3.58.